The van der Waals surface area contributed by atoms with Crippen LogP contribution in [0.2, 0.25) is 0 Å². The molecule has 0 aliphatic heterocycles. The molecule has 0 aliphatic rings. The number of amides is 1. The van der Waals surface area contributed by atoms with Crippen LogP contribution in [-0.4, -0.2) is 40.2 Å². The van der Waals surface area contributed by atoms with Crippen molar-refractivity contribution in [2.24, 2.45) is 0 Å². The summed E-state index contributed by atoms with van der Waals surface area (Å²) in [6.45, 7) is 3.41. The molecule has 1 aromatic rings. The van der Waals surface area contributed by atoms with E-state index in [0.29, 0.717) is 10.0 Å². The molecular weight excluding hydrogens is 286 g/mol. The highest BCUT2D eigenvalue weighted by atomic mass is 79.9. The van der Waals surface area contributed by atoms with Crippen molar-refractivity contribution in [2.75, 3.05) is 13.7 Å². The van der Waals surface area contributed by atoms with Gasteiger partial charge in [-0.3, -0.25) is 4.79 Å². The number of phenols is 1. The molecule has 0 aliphatic carbocycles. The van der Waals surface area contributed by atoms with Gasteiger partial charge in [-0.25, -0.2) is 0 Å². The summed E-state index contributed by atoms with van der Waals surface area (Å²) in [7, 11) is 1.62. The van der Waals surface area contributed by atoms with Crippen molar-refractivity contribution in [3.63, 3.8) is 0 Å². The van der Waals surface area contributed by atoms with E-state index in [1.54, 1.807) is 33.0 Å². The number of rotatable bonds is 3. The van der Waals surface area contributed by atoms with Gasteiger partial charge in [0.2, 0.25) is 0 Å². The van der Waals surface area contributed by atoms with Crippen LogP contribution in [0.1, 0.15) is 24.2 Å². The molecule has 0 atom stereocenters. The topological polar surface area (TPSA) is 60.8 Å². The Balaban J connectivity index is 3.01. The number of aliphatic hydroxyl groups is 1. The zero-order chi connectivity index (χ0) is 13.2. The molecule has 2 N–H and O–H groups in total. The smallest absolute Gasteiger partial charge is 0.254 e. The molecule has 94 valence electrons. The lowest BCUT2D eigenvalue weighted by molar-refractivity contribution is 0.0473. The summed E-state index contributed by atoms with van der Waals surface area (Å²) >= 11 is 3.15. The third kappa shape index (κ3) is 2.98. The predicted octanol–water partition coefficient (Wildman–Crippen LogP) is 2.00. The fraction of sp³-hybridized carbons (Fsp3) is 0.417. The zero-order valence-electron chi connectivity index (χ0n) is 10.1. The third-order valence-electron chi connectivity index (χ3n) is 2.79. The molecule has 0 unspecified atom stereocenters. The molecule has 0 fully saturated rings. The van der Waals surface area contributed by atoms with Crippen LogP contribution in [0.15, 0.2) is 22.7 Å². The molecule has 1 amide bonds. The summed E-state index contributed by atoms with van der Waals surface area (Å²) < 4.78 is 0.540. The summed E-state index contributed by atoms with van der Waals surface area (Å²) in [5, 5.41) is 18.7. The van der Waals surface area contributed by atoms with Gasteiger partial charge in [0.1, 0.15) is 5.75 Å². The quantitative estimate of drug-likeness (QED) is 0.898. The van der Waals surface area contributed by atoms with Gasteiger partial charge < -0.3 is 15.1 Å². The summed E-state index contributed by atoms with van der Waals surface area (Å²) in [4.78, 5) is 13.6. The van der Waals surface area contributed by atoms with Gasteiger partial charge >= 0.3 is 0 Å². The second-order valence-corrected chi connectivity index (χ2v) is 5.36. The van der Waals surface area contributed by atoms with Gasteiger partial charge in [0.15, 0.2) is 0 Å². The van der Waals surface area contributed by atoms with Crippen LogP contribution in [0.3, 0.4) is 0 Å². The highest BCUT2D eigenvalue weighted by molar-refractivity contribution is 9.10. The summed E-state index contributed by atoms with van der Waals surface area (Å²) in [5.41, 5.74) is -0.255. The van der Waals surface area contributed by atoms with E-state index < -0.39 is 5.54 Å². The highest BCUT2D eigenvalue weighted by Crippen LogP contribution is 2.25. The van der Waals surface area contributed by atoms with Gasteiger partial charge in [-0.05, 0) is 48.0 Å². The molecule has 0 saturated heterocycles. The molecule has 4 nitrogen and oxygen atoms in total. The standard InChI is InChI=1S/C12H16BrNO3/c1-12(2,7-15)14(3)11(17)8-4-5-9(13)10(16)6-8/h4-6,15-16H,7H2,1-3H3. The van der Waals surface area contributed by atoms with Crippen LogP contribution in [0.5, 0.6) is 5.75 Å². The van der Waals surface area contributed by atoms with Gasteiger partial charge in [0.25, 0.3) is 5.91 Å². The van der Waals surface area contributed by atoms with E-state index in [4.69, 9.17) is 0 Å². The number of nitrogens with zero attached hydrogens (tertiary/aromatic N) is 1. The maximum atomic E-state index is 12.1. The van der Waals surface area contributed by atoms with E-state index in [0.717, 1.165) is 0 Å². The maximum Gasteiger partial charge on any atom is 0.254 e. The Hall–Kier alpha value is -1.07. The lowest BCUT2D eigenvalue weighted by atomic mass is 10.0. The number of carbonyl (C=O) groups excluding carboxylic acids is 1. The lowest BCUT2D eigenvalue weighted by Gasteiger charge is -2.34. The van der Waals surface area contributed by atoms with Crippen LogP contribution < -0.4 is 0 Å². The number of likely N-dealkylation sites (N-methyl/N-ethyl adjacent to an activating group) is 1. The number of hydrogen-bond acceptors (Lipinski definition) is 3. The number of aromatic hydroxyl groups is 1. The van der Waals surface area contributed by atoms with Crippen LogP contribution in [0.4, 0.5) is 0 Å². The Morgan fingerprint density at radius 2 is 2.06 bits per heavy atom. The van der Waals surface area contributed by atoms with Gasteiger partial charge in [0, 0.05) is 12.6 Å². The van der Waals surface area contributed by atoms with Crippen molar-refractivity contribution in [2.45, 2.75) is 19.4 Å². The van der Waals surface area contributed by atoms with Crippen LogP contribution in [0.25, 0.3) is 0 Å². The Bertz CT molecular complexity index is 432. The minimum Gasteiger partial charge on any atom is -0.507 e. The highest BCUT2D eigenvalue weighted by Gasteiger charge is 2.27. The molecule has 5 heteroatoms. The van der Waals surface area contributed by atoms with Crippen LogP contribution >= 0.6 is 15.9 Å². The number of hydrogen-bond donors (Lipinski definition) is 2. The number of phenolic OH excluding ortho intramolecular Hbond substituents is 1. The molecule has 0 saturated carbocycles. The van der Waals surface area contributed by atoms with Crippen molar-refractivity contribution in [1.29, 1.82) is 0 Å². The first kappa shape index (κ1) is 14.0. The van der Waals surface area contributed by atoms with Crippen molar-refractivity contribution in [3.8, 4) is 5.75 Å². The molecule has 0 heterocycles. The third-order valence-corrected chi connectivity index (χ3v) is 3.46. The minimum absolute atomic E-state index is 0.0195. The van der Waals surface area contributed by atoms with Gasteiger partial charge in [-0.15, -0.1) is 0 Å². The van der Waals surface area contributed by atoms with Gasteiger partial charge in [-0.1, -0.05) is 0 Å². The van der Waals surface area contributed by atoms with Gasteiger partial charge in [-0.2, -0.15) is 0 Å². The molecule has 0 aromatic heterocycles. The van der Waals surface area contributed by atoms with E-state index in [9.17, 15) is 15.0 Å². The van der Waals surface area contributed by atoms with E-state index in [2.05, 4.69) is 15.9 Å². The molecule has 17 heavy (non-hydrogen) atoms. The SMILES string of the molecule is CN(C(=O)c1ccc(Br)c(O)c1)C(C)(C)CO. The normalized spacial score (nSPS) is 11.4. The molecule has 1 aromatic carbocycles. The molecular formula is C12H16BrNO3. The van der Waals surface area contributed by atoms with Crippen molar-refractivity contribution in [1.82, 2.24) is 4.90 Å². The molecule has 0 bridgehead atoms. The van der Waals surface area contributed by atoms with Crippen LogP contribution in [0, 0.1) is 0 Å². The fourth-order valence-corrected chi connectivity index (χ4v) is 1.47. The van der Waals surface area contributed by atoms with Crippen molar-refractivity contribution in [3.05, 3.63) is 28.2 Å². The Labute approximate surface area is 109 Å². The number of aliphatic hydroxyl groups excluding tert-OH is 1. The van der Waals surface area contributed by atoms with Crippen molar-refractivity contribution < 1.29 is 15.0 Å². The van der Waals surface area contributed by atoms with E-state index in [1.807, 2.05) is 0 Å². The second kappa shape index (κ2) is 5.06. The number of benzene rings is 1. The first-order valence-corrected chi connectivity index (χ1v) is 5.96. The minimum atomic E-state index is -0.639. The van der Waals surface area contributed by atoms with Crippen molar-refractivity contribution >= 4 is 21.8 Å². The van der Waals surface area contributed by atoms with Crippen LogP contribution in [-0.2, 0) is 0 Å². The van der Waals surface area contributed by atoms with E-state index in [1.165, 1.54) is 11.0 Å². The summed E-state index contributed by atoms with van der Waals surface area (Å²) in [5.74, 6) is -0.224. The first-order valence-electron chi connectivity index (χ1n) is 5.17. The van der Waals surface area contributed by atoms with Gasteiger partial charge in [0.05, 0.1) is 16.6 Å². The number of halogens is 1. The predicted molar refractivity (Wildman–Crippen MR) is 69.1 cm³/mol. The maximum absolute atomic E-state index is 12.1. The Morgan fingerprint density at radius 1 is 1.47 bits per heavy atom. The molecule has 1 rings (SSSR count). The summed E-state index contributed by atoms with van der Waals surface area (Å²) in [6, 6.07) is 4.63. The molecule has 0 spiro atoms. The monoisotopic (exact) mass is 301 g/mol. The first-order chi connectivity index (χ1) is 7.79. The van der Waals surface area contributed by atoms with E-state index >= 15 is 0 Å². The number of carbonyl (C=O) groups is 1. The fourth-order valence-electron chi connectivity index (χ4n) is 1.22. The second-order valence-electron chi connectivity index (χ2n) is 4.50. The zero-order valence-corrected chi connectivity index (χ0v) is 11.7. The average Bonchev–Trinajstić information content (AvgIpc) is 2.30. The Kier molecular flexibility index (Phi) is 4.16. The Morgan fingerprint density at radius 3 is 2.53 bits per heavy atom. The summed E-state index contributed by atoms with van der Waals surface area (Å²) in [6.07, 6.45) is 0. The van der Waals surface area contributed by atoms with E-state index in [-0.39, 0.29) is 18.3 Å². The lowest BCUT2D eigenvalue weighted by Crippen LogP contribution is -2.47. The largest absolute Gasteiger partial charge is 0.507 e. The average molecular weight is 302 g/mol. The molecule has 0 radical (unpaired) electrons.